The summed E-state index contributed by atoms with van der Waals surface area (Å²) in [5.74, 6) is 0.729. The van der Waals surface area contributed by atoms with Crippen LogP contribution in [0.4, 0.5) is 0 Å². The van der Waals surface area contributed by atoms with Crippen molar-refractivity contribution in [3.63, 3.8) is 0 Å². The molecule has 1 aliphatic carbocycles. The maximum atomic E-state index is 11.8. The van der Waals surface area contributed by atoms with E-state index in [2.05, 4.69) is 16.9 Å². The van der Waals surface area contributed by atoms with Gasteiger partial charge in [-0.1, -0.05) is 39.0 Å². The quantitative estimate of drug-likeness (QED) is 0.851. The van der Waals surface area contributed by atoms with Gasteiger partial charge in [0.15, 0.2) is 0 Å². The largest absolute Gasteiger partial charge is 0.370 e. The van der Waals surface area contributed by atoms with Crippen molar-refractivity contribution in [1.29, 1.82) is 0 Å². The van der Waals surface area contributed by atoms with Gasteiger partial charge in [0, 0.05) is 18.9 Å². The molecule has 0 spiro atoms. The highest BCUT2D eigenvalue weighted by molar-refractivity contribution is 5.10. The second-order valence-corrected chi connectivity index (χ2v) is 5.45. The number of nitrogens with one attached hydrogen (secondary N) is 1. The van der Waals surface area contributed by atoms with E-state index >= 15 is 0 Å². The number of methoxy groups -OCH3 is 1. The molecule has 1 aromatic rings. The van der Waals surface area contributed by atoms with Crippen molar-refractivity contribution in [1.82, 2.24) is 9.97 Å². The van der Waals surface area contributed by atoms with Crippen LogP contribution in [-0.2, 0) is 16.8 Å². The summed E-state index contributed by atoms with van der Waals surface area (Å²) in [6, 6.07) is 1.60. The molecule has 4 nitrogen and oxygen atoms in total. The van der Waals surface area contributed by atoms with Crippen molar-refractivity contribution >= 4 is 0 Å². The molecule has 1 saturated carbocycles. The fourth-order valence-corrected chi connectivity index (χ4v) is 2.95. The average Bonchev–Trinajstić information content (AvgIpc) is 2.64. The first-order valence-corrected chi connectivity index (χ1v) is 7.36. The van der Waals surface area contributed by atoms with Crippen LogP contribution in [0.1, 0.15) is 63.4 Å². The molecule has 0 aliphatic heterocycles. The van der Waals surface area contributed by atoms with Crippen molar-refractivity contribution in [3.05, 3.63) is 27.9 Å². The summed E-state index contributed by atoms with van der Waals surface area (Å²) in [4.78, 5) is 19.4. The summed E-state index contributed by atoms with van der Waals surface area (Å²) >= 11 is 0. The van der Waals surface area contributed by atoms with Gasteiger partial charge < -0.3 is 9.72 Å². The zero-order valence-electron chi connectivity index (χ0n) is 12.0. The molecule has 106 valence electrons. The zero-order valence-corrected chi connectivity index (χ0v) is 12.0. The maximum absolute atomic E-state index is 11.8. The molecule has 0 bridgehead atoms. The summed E-state index contributed by atoms with van der Waals surface area (Å²) in [7, 11) is 1.73. The van der Waals surface area contributed by atoms with E-state index in [0.717, 1.165) is 50.0 Å². The summed E-state index contributed by atoms with van der Waals surface area (Å²) in [5, 5.41) is 0. The first-order valence-electron chi connectivity index (χ1n) is 7.36. The molecule has 1 aliphatic rings. The van der Waals surface area contributed by atoms with Crippen LogP contribution in [-0.4, -0.2) is 17.1 Å². The second-order valence-electron chi connectivity index (χ2n) is 5.45. The highest BCUT2D eigenvalue weighted by Crippen LogP contribution is 2.36. The SMILES string of the molecule is CCCc1cc(=O)[nH]c(C2(OC)CCCCCC2)n1. The molecule has 0 saturated heterocycles. The maximum Gasteiger partial charge on any atom is 0.251 e. The number of nitrogens with zero attached hydrogens (tertiary/aromatic N) is 1. The summed E-state index contributed by atoms with van der Waals surface area (Å²) < 4.78 is 5.80. The van der Waals surface area contributed by atoms with Crippen molar-refractivity contribution < 1.29 is 4.74 Å². The first kappa shape index (κ1) is 14.3. The van der Waals surface area contributed by atoms with Gasteiger partial charge >= 0.3 is 0 Å². The van der Waals surface area contributed by atoms with Gasteiger partial charge in [0.1, 0.15) is 11.4 Å². The van der Waals surface area contributed by atoms with E-state index < -0.39 is 0 Å². The van der Waals surface area contributed by atoms with Crippen LogP contribution in [0.25, 0.3) is 0 Å². The Kier molecular flexibility index (Phi) is 4.75. The van der Waals surface area contributed by atoms with Crippen molar-refractivity contribution in [2.24, 2.45) is 0 Å². The lowest BCUT2D eigenvalue weighted by atomic mass is 9.93. The molecule has 1 aromatic heterocycles. The van der Waals surface area contributed by atoms with Gasteiger partial charge in [-0.05, 0) is 19.3 Å². The van der Waals surface area contributed by atoms with E-state index in [4.69, 9.17) is 4.74 Å². The van der Waals surface area contributed by atoms with Crippen LogP contribution in [0, 0.1) is 0 Å². The molecule has 4 heteroatoms. The number of ether oxygens (including phenoxy) is 1. The van der Waals surface area contributed by atoms with Gasteiger partial charge in [-0.25, -0.2) is 4.98 Å². The van der Waals surface area contributed by atoms with Crippen LogP contribution in [0.2, 0.25) is 0 Å². The number of rotatable bonds is 4. The fourth-order valence-electron chi connectivity index (χ4n) is 2.95. The highest BCUT2D eigenvalue weighted by atomic mass is 16.5. The van der Waals surface area contributed by atoms with E-state index in [0.29, 0.717) is 0 Å². The molecule has 0 atom stereocenters. The van der Waals surface area contributed by atoms with Crippen molar-refractivity contribution in [2.45, 2.75) is 63.9 Å². The molecule has 0 unspecified atom stereocenters. The lowest BCUT2D eigenvalue weighted by Crippen LogP contribution is -2.33. The van der Waals surface area contributed by atoms with E-state index in [-0.39, 0.29) is 11.2 Å². The molecule has 0 radical (unpaired) electrons. The van der Waals surface area contributed by atoms with Gasteiger partial charge in [0.2, 0.25) is 0 Å². The molecule has 2 rings (SSSR count). The summed E-state index contributed by atoms with van der Waals surface area (Å²) in [5.41, 5.74) is 0.426. The monoisotopic (exact) mass is 264 g/mol. The minimum Gasteiger partial charge on any atom is -0.370 e. The molecular formula is C15H24N2O2. The Hall–Kier alpha value is -1.16. The van der Waals surface area contributed by atoms with E-state index in [9.17, 15) is 4.79 Å². The summed E-state index contributed by atoms with van der Waals surface area (Å²) in [6.45, 7) is 2.10. The van der Waals surface area contributed by atoms with E-state index in [1.807, 2.05) is 0 Å². The van der Waals surface area contributed by atoms with Crippen molar-refractivity contribution in [2.75, 3.05) is 7.11 Å². The first-order chi connectivity index (χ1) is 9.20. The molecule has 0 aromatic carbocycles. The van der Waals surface area contributed by atoms with Gasteiger partial charge in [-0.2, -0.15) is 0 Å². The lowest BCUT2D eigenvalue weighted by molar-refractivity contribution is -0.0355. The third-order valence-corrected chi connectivity index (χ3v) is 4.03. The van der Waals surface area contributed by atoms with Gasteiger partial charge in [0.05, 0.1) is 0 Å². The molecule has 1 fully saturated rings. The third kappa shape index (κ3) is 3.24. The number of hydrogen-bond donors (Lipinski definition) is 1. The normalized spacial score (nSPS) is 19.1. The highest BCUT2D eigenvalue weighted by Gasteiger charge is 2.35. The Morgan fingerprint density at radius 3 is 2.58 bits per heavy atom. The molecule has 19 heavy (non-hydrogen) atoms. The predicted molar refractivity (Wildman–Crippen MR) is 75.2 cm³/mol. The smallest absolute Gasteiger partial charge is 0.251 e. The van der Waals surface area contributed by atoms with Gasteiger partial charge in [0.25, 0.3) is 5.56 Å². The Morgan fingerprint density at radius 1 is 1.32 bits per heavy atom. The minimum absolute atomic E-state index is 0.0610. The molecular weight excluding hydrogens is 240 g/mol. The number of aromatic nitrogens is 2. The van der Waals surface area contributed by atoms with Gasteiger partial charge in [-0.15, -0.1) is 0 Å². The Bertz CT molecular complexity index is 459. The van der Waals surface area contributed by atoms with E-state index in [1.165, 1.54) is 12.8 Å². The number of H-pyrrole nitrogens is 1. The Labute approximate surface area is 114 Å². The predicted octanol–water partition coefficient (Wildman–Crippen LogP) is 2.92. The molecule has 1 N–H and O–H groups in total. The summed E-state index contributed by atoms with van der Waals surface area (Å²) in [6.07, 6.45) is 8.48. The Balaban J connectivity index is 2.38. The van der Waals surface area contributed by atoms with Crippen LogP contribution in [0.3, 0.4) is 0 Å². The average molecular weight is 264 g/mol. The van der Waals surface area contributed by atoms with Crippen LogP contribution < -0.4 is 5.56 Å². The van der Waals surface area contributed by atoms with Gasteiger partial charge in [-0.3, -0.25) is 4.79 Å². The third-order valence-electron chi connectivity index (χ3n) is 4.03. The molecule has 0 amide bonds. The van der Waals surface area contributed by atoms with Crippen LogP contribution in [0.15, 0.2) is 10.9 Å². The topological polar surface area (TPSA) is 55.0 Å². The number of aryl methyl sites for hydroxylation is 1. The van der Waals surface area contributed by atoms with Crippen molar-refractivity contribution in [3.8, 4) is 0 Å². The van der Waals surface area contributed by atoms with E-state index in [1.54, 1.807) is 13.2 Å². The number of hydrogen-bond acceptors (Lipinski definition) is 3. The fraction of sp³-hybridized carbons (Fsp3) is 0.733. The Morgan fingerprint density at radius 2 is 2.00 bits per heavy atom. The zero-order chi connectivity index (χ0) is 13.7. The standard InChI is InChI=1S/C15H24N2O2/c1-3-8-12-11-13(18)17-14(16-12)15(19-2)9-6-4-5-7-10-15/h11H,3-10H2,1-2H3,(H,16,17,18). The molecule has 1 heterocycles. The van der Waals surface area contributed by atoms with Crippen LogP contribution >= 0.6 is 0 Å². The minimum atomic E-state index is -0.389. The second kappa shape index (κ2) is 6.33. The van der Waals surface area contributed by atoms with Crippen LogP contribution in [0.5, 0.6) is 0 Å². The number of aromatic amines is 1. The lowest BCUT2D eigenvalue weighted by Gasteiger charge is -2.30.